The third kappa shape index (κ3) is 8.42. The van der Waals surface area contributed by atoms with Gasteiger partial charge < -0.3 is 19.8 Å². The van der Waals surface area contributed by atoms with Crippen LogP contribution in [-0.2, 0) is 27.5 Å². The lowest BCUT2D eigenvalue weighted by Crippen LogP contribution is -2.28. The van der Waals surface area contributed by atoms with E-state index in [2.05, 4.69) is 13.6 Å². The normalized spacial score (nSPS) is 17.4. The second-order valence-corrected chi connectivity index (χ2v) is 5.25. The Bertz CT molecular complexity index is 347. The van der Waals surface area contributed by atoms with Crippen molar-refractivity contribution in [3.63, 3.8) is 0 Å². The van der Waals surface area contributed by atoms with E-state index in [4.69, 9.17) is 19.8 Å². The van der Waals surface area contributed by atoms with Crippen molar-refractivity contribution in [1.29, 1.82) is 0 Å². The molecule has 0 aliphatic heterocycles. The van der Waals surface area contributed by atoms with Gasteiger partial charge in [-0.3, -0.25) is 13.6 Å². The van der Waals surface area contributed by atoms with Crippen molar-refractivity contribution in [3.05, 3.63) is 0 Å². The molecule has 17 heavy (non-hydrogen) atoms. The van der Waals surface area contributed by atoms with E-state index in [9.17, 15) is 13.9 Å². The molecule has 0 bridgehead atoms. The van der Waals surface area contributed by atoms with Crippen LogP contribution in [0.3, 0.4) is 0 Å². The van der Waals surface area contributed by atoms with Gasteiger partial charge in [-0.25, -0.2) is 13.9 Å². The third-order valence-electron chi connectivity index (χ3n) is 1.22. The monoisotopic (exact) mass is 294 g/mol. The molecule has 4 N–H and O–H groups in total. The molecule has 0 aromatic carbocycles. The molecular weight excluding hydrogens is 282 g/mol. The Kier molecular flexibility index (Phi) is 6.46. The Balaban J connectivity index is 4.50. The van der Waals surface area contributed by atoms with Gasteiger partial charge in [-0.05, 0) is 6.92 Å². The quantitative estimate of drug-likeness (QED) is 0.437. The summed E-state index contributed by atoms with van der Waals surface area (Å²) >= 11 is 0. The Morgan fingerprint density at radius 1 is 1.24 bits per heavy atom. The smallest absolute Gasteiger partial charge is 0.473 e. The summed E-state index contributed by atoms with van der Waals surface area (Å²) in [6.45, 7) is 0.0604. The molecule has 0 heterocycles. The molecule has 2 atom stereocenters. The number of rotatable bonds is 8. The first-order valence-corrected chi connectivity index (χ1v) is 7.18. The van der Waals surface area contributed by atoms with Crippen molar-refractivity contribution < 1.29 is 47.3 Å². The molecule has 0 aromatic heterocycles. The molecule has 0 fully saturated rings. The van der Waals surface area contributed by atoms with Crippen LogP contribution in [0, 0.1) is 0 Å². The van der Waals surface area contributed by atoms with Crippen LogP contribution in [0.1, 0.15) is 6.92 Å². The number of hydrogen-bond donors (Lipinski definition) is 4. The fourth-order valence-electron chi connectivity index (χ4n) is 0.666. The van der Waals surface area contributed by atoms with Crippen molar-refractivity contribution >= 4 is 21.6 Å². The van der Waals surface area contributed by atoms with Crippen molar-refractivity contribution in [2.75, 3.05) is 13.2 Å². The average molecular weight is 294 g/mol. The van der Waals surface area contributed by atoms with Crippen LogP contribution in [0.2, 0.25) is 0 Å². The van der Waals surface area contributed by atoms with Crippen molar-refractivity contribution in [2.45, 2.75) is 13.0 Å². The van der Waals surface area contributed by atoms with Crippen molar-refractivity contribution in [1.82, 2.24) is 0 Å². The van der Waals surface area contributed by atoms with E-state index in [1.807, 2.05) is 0 Å². The highest BCUT2D eigenvalue weighted by Crippen LogP contribution is 2.45. The van der Waals surface area contributed by atoms with Crippen LogP contribution in [0.25, 0.3) is 0 Å². The van der Waals surface area contributed by atoms with Crippen molar-refractivity contribution in [2.24, 2.45) is 0 Å². The predicted octanol–water partition coefficient (Wildman–Crippen LogP) is -0.298. The molecule has 0 amide bonds. The van der Waals surface area contributed by atoms with E-state index in [-0.39, 0.29) is 6.61 Å². The number of carbonyl (C=O) groups is 1. The largest absolute Gasteiger partial charge is 0.479 e. The van der Waals surface area contributed by atoms with E-state index < -0.39 is 34.3 Å². The van der Waals surface area contributed by atoms with E-state index in [0.29, 0.717) is 0 Å². The maximum Gasteiger partial charge on any atom is 0.473 e. The maximum absolute atomic E-state index is 11.1. The van der Waals surface area contributed by atoms with Gasteiger partial charge in [-0.15, -0.1) is 0 Å². The Morgan fingerprint density at radius 3 is 2.12 bits per heavy atom. The van der Waals surface area contributed by atoms with Crippen LogP contribution < -0.4 is 0 Å². The third-order valence-corrected chi connectivity index (χ3v) is 2.81. The van der Waals surface area contributed by atoms with Crippen LogP contribution in [0.4, 0.5) is 0 Å². The minimum absolute atomic E-state index is 0.209. The molecule has 102 valence electrons. The number of carboxylic acid groups (broad SMARTS) is 1. The summed E-state index contributed by atoms with van der Waals surface area (Å²) in [6.07, 6.45) is -2.04. The lowest BCUT2D eigenvalue weighted by molar-refractivity contribution is -0.147. The topological polar surface area (TPSA) is 160 Å². The summed E-state index contributed by atoms with van der Waals surface area (Å²) < 4.78 is 33.6. The molecule has 12 heteroatoms. The van der Waals surface area contributed by atoms with Gasteiger partial charge in [0.05, 0.1) is 13.2 Å². The van der Waals surface area contributed by atoms with Gasteiger partial charge in [-0.1, -0.05) is 0 Å². The number of carboxylic acids is 1. The summed E-state index contributed by atoms with van der Waals surface area (Å²) in [7, 11) is -9.49. The molecule has 0 aromatic rings. The molecule has 0 radical (unpaired) electrons. The zero-order valence-electron chi connectivity index (χ0n) is 8.62. The molecule has 0 aliphatic rings. The highest BCUT2D eigenvalue weighted by atomic mass is 31.2. The Labute approximate surface area is 96.0 Å². The standard InChI is InChI=1S/C5H12O10P2/c1-2-13-17(11,12)15-4(5(6)7)3-14-16(8,9)10/h4H,2-3H2,1H3,(H,6,7)(H,11,12)(H2,8,9,10). The summed E-state index contributed by atoms with van der Waals surface area (Å²) in [5.41, 5.74) is 0. The van der Waals surface area contributed by atoms with Crippen molar-refractivity contribution in [3.8, 4) is 0 Å². The second-order valence-electron chi connectivity index (χ2n) is 2.60. The van der Waals surface area contributed by atoms with Gasteiger partial charge in [-0.2, -0.15) is 0 Å². The zero-order valence-corrected chi connectivity index (χ0v) is 10.4. The summed E-state index contributed by atoms with van der Waals surface area (Å²) in [6, 6.07) is 0. The number of aliphatic carboxylic acids is 1. The molecule has 0 aliphatic carbocycles. The van der Waals surface area contributed by atoms with Gasteiger partial charge >= 0.3 is 21.6 Å². The second kappa shape index (κ2) is 6.58. The Hall–Kier alpha value is -0.310. The molecule has 2 unspecified atom stereocenters. The first-order valence-electron chi connectivity index (χ1n) is 4.16. The first-order chi connectivity index (χ1) is 7.57. The van der Waals surface area contributed by atoms with Gasteiger partial charge in [0.1, 0.15) is 0 Å². The van der Waals surface area contributed by atoms with E-state index in [0.717, 1.165) is 0 Å². The predicted molar refractivity (Wildman–Crippen MR) is 52.0 cm³/mol. The first kappa shape index (κ1) is 16.7. The number of hydrogen-bond acceptors (Lipinski definition) is 6. The lowest BCUT2D eigenvalue weighted by Gasteiger charge is -2.17. The minimum atomic E-state index is -4.90. The molecule has 0 rings (SSSR count). The van der Waals surface area contributed by atoms with E-state index >= 15 is 0 Å². The van der Waals surface area contributed by atoms with E-state index in [1.54, 1.807) is 0 Å². The maximum atomic E-state index is 11.1. The molecule has 10 nitrogen and oxygen atoms in total. The fraction of sp³-hybridized carbons (Fsp3) is 0.800. The van der Waals surface area contributed by atoms with Gasteiger partial charge in [0, 0.05) is 0 Å². The molecule has 0 saturated carbocycles. The molecule has 0 spiro atoms. The Morgan fingerprint density at radius 2 is 1.76 bits per heavy atom. The number of phosphoric acid groups is 2. The lowest BCUT2D eigenvalue weighted by atomic mass is 10.4. The summed E-state index contributed by atoms with van der Waals surface area (Å²) in [4.78, 5) is 36.2. The van der Waals surface area contributed by atoms with Crippen LogP contribution in [0.5, 0.6) is 0 Å². The summed E-state index contributed by atoms with van der Waals surface area (Å²) in [5, 5.41) is 8.56. The van der Waals surface area contributed by atoms with Crippen LogP contribution in [-0.4, -0.2) is 45.1 Å². The van der Waals surface area contributed by atoms with Crippen LogP contribution >= 0.6 is 15.6 Å². The minimum Gasteiger partial charge on any atom is -0.479 e. The van der Waals surface area contributed by atoms with Gasteiger partial charge in [0.15, 0.2) is 6.10 Å². The average Bonchev–Trinajstić information content (AvgIpc) is 2.10. The number of phosphoric ester groups is 2. The fourth-order valence-corrected chi connectivity index (χ4v) is 1.86. The van der Waals surface area contributed by atoms with Gasteiger partial charge in [0.25, 0.3) is 0 Å². The highest BCUT2D eigenvalue weighted by molar-refractivity contribution is 7.47. The van der Waals surface area contributed by atoms with Gasteiger partial charge in [0.2, 0.25) is 0 Å². The highest BCUT2D eigenvalue weighted by Gasteiger charge is 2.32. The van der Waals surface area contributed by atoms with E-state index in [1.165, 1.54) is 6.92 Å². The SMILES string of the molecule is CCOP(=O)(O)OC(COP(=O)(O)O)C(=O)O. The molecule has 0 saturated heterocycles. The summed E-state index contributed by atoms with van der Waals surface area (Å²) in [5.74, 6) is -1.73. The van der Waals surface area contributed by atoms with Crippen LogP contribution in [0.15, 0.2) is 0 Å². The molecular formula is C5H12O10P2. The zero-order chi connectivity index (χ0) is 13.7.